The Hall–Kier alpha value is -3.97. The zero-order valence-electron chi connectivity index (χ0n) is 22.2. The number of nitrogens with one attached hydrogen (secondary N) is 2. The van der Waals surface area contributed by atoms with Crippen molar-refractivity contribution >= 4 is 66.2 Å². The number of methoxy groups -OCH3 is 2. The monoisotopic (exact) mass is 649 g/mol. The number of amides is 1. The fourth-order valence-corrected chi connectivity index (χ4v) is 6.93. The lowest BCUT2D eigenvalue weighted by atomic mass is 10.3. The van der Waals surface area contributed by atoms with Gasteiger partial charge in [-0.25, -0.2) is 16.8 Å². The highest BCUT2D eigenvalue weighted by molar-refractivity contribution is 7.93. The van der Waals surface area contributed by atoms with E-state index in [-0.39, 0.29) is 31.9 Å². The van der Waals surface area contributed by atoms with Crippen LogP contribution >= 0.6 is 23.2 Å². The first-order valence-corrected chi connectivity index (χ1v) is 15.8. The zero-order valence-corrected chi connectivity index (χ0v) is 25.4. The molecule has 0 spiro atoms. The van der Waals surface area contributed by atoms with Crippen molar-refractivity contribution in [2.24, 2.45) is 0 Å². The molecule has 2 N–H and O–H groups in total. The number of sulfonamides is 2. The van der Waals surface area contributed by atoms with Crippen molar-refractivity contribution in [2.45, 2.75) is 9.79 Å². The molecule has 4 aromatic carbocycles. The molecule has 0 radical (unpaired) electrons. The predicted molar refractivity (Wildman–Crippen MR) is 163 cm³/mol. The van der Waals surface area contributed by atoms with Crippen LogP contribution in [-0.4, -0.2) is 43.5 Å². The SMILES string of the molecule is COc1ccc(OC)c(NS(=O)(=O)c2ccc(NC(=O)CN(c3ccc(Cl)cc3Cl)S(=O)(=O)c3ccccc3)cc2)c1. The van der Waals surface area contributed by atoms with E-state index in [9.17, 15) is 21.6 Å². The summed E-state index contributed by atoms with van der Waals surface area (Å²) in [6.07, 6.45) is 0. The van der Waals surface area contributed by atoms with Gasteiger partial charge in [-0.05, 0) is 66.7 Å². The highest BCUT2D eigenvalue weighted by atomic mass is 35.5. The Balaban J connectivity index is 1.55. The van der Waals surface area contributed by atoms with Gasteiger partial charge in [-0.15, -0.1) is 0 Å². The molecule has 0 aromatic heterocycles. The van der Waals surface area contributed by atoms with Crippen LogP contribution in [0.4, 0.5) is 17.1 Å². The molecule has 0 fully saturated rings. The first kappa shape index (κ1) is 31.0. The summed E-state index contributed by atoms with van der Waals surface area (Å²) < 4.78 is 66.8. The van der Waals surface area contributed by atoms with Crippen molar-refractivity contribution < 1.29 is 31.1 Å². The van der Waals surface area contributed by atoms with Gasteiger partial charge in [0.2, 0.25) is 5.91 Å². The quantitative estimate of drug-likeness (QED) is 0.215. The molecule has 0 aliphatic rings. The molecule has 0 saturated heterocycles. The Bertz CT molecular complexity index is 1800. The van der Waals surface area contributed by atoms with E-state index >= 15 is 0 Å². The summed E-state index contributed by atoms with van der Waals surface area (Å²) in [6.45, 7) is -0.629. The topological polar surface area (TPSA) is 131 Å². The molecule has 14 heteroatoms. The number of carbonyl (C=O) groups excluding carboxylic acids is 1. The summed E-state index contributed by atoms with van der Waals surface area (Å²) in [5.41, 5.74) is 0.465. The lowest BCUT2D eigenvalue weighted by Crippen LogP contribution is -2.38. The second-order valence-electron chi connectivity index (χ2n) is 8.66. The van der Waals surface area contributed by atoms with E-state index in [2.05, 4.69) is 10.0 Å². The predicted octanol–water partition coefficient (Wildman–Crippen LogP) is 5.65. The second kappa shape index (κ2) is 12.9. The summed E-state index contributed by atoms with van der Waals surface area (Å²) in [6, 6.07) is 21.8. The lowest BCUT2D eigenvalue weighted by Gasteiger charge is -2.25. The number of rotatable bonds is 11. The van der Waals surface area contributed by atoms with Gasteiger partial charge in [-0.1, -0.05) is 41.4 Å². The summed E-state index contributed by atoms with van der Waals surface area (Å²) in [5, 5.41) is 2.92. The van der Waals surface area contributed by atoms with Crippen molar-refractivity contribution in [3.8, 4) is 11.5 Å². The maximum absolute atomic E-state index is 13.5. The van der Waals surface area contributed by atoms with Gasteiger partial charge in [0, 0.05) is 16.8 Å². The molecular formula is C28H25Cl2N3O7S2. The molecule has 1 amide bonds. The van der Waals surface area contributed by atoms with Crippen molar-refractivity contribution in [3.05, 3.63) is 101 Å². The largest absolute Gasteiger partial charge is 0.497 e. The van der Waals surface area contributed by atoms with E-state index in [1.165, 1.54) is 74.9 Å². The lowest BCUT2D eigenvalue weighted by molar-refractivity contribution is -0.114. The van der Waals surface area contributed by atoms with Gasteiger partial charge in [0.05, 0.1) is 40.4 Å². The van der Waals surface area contributed by atoms with Gasteiger partial charge in [-0.2, -0.15) is 0 Å². The molecule has 42 heavy (non-hydrogen) atoms. The number of anilines is 3. The van der Waals surface area contributed by atoms with E-state index in [0.29, 0.717) is 16.5 Å². The molecule has 4 rings (SSSR count). The van der Waals surface area contributed by atoms with E-state index in [1.807, 2.05) is 0 Å². The molecule has 0 bridgehead atoms. The van der Waals surface area contributed by atoms with E-state index in [4.69, 9.17) is 32.7 Å². The molecule has 0 saturated carbocycles. The van der Waals surface area contributed by atoms with Gasteiger partial charge in [0.25, 0.3) is 20.0 Å². The third kappa shape index (κ3) is 7.08. The van der Waals surface area contributed by atoms with Crippen molar-refractivity contribution in [3.63, 3.8) is 0 Å². The molecule has 10 nitrogen and oxygen atoms in total. The Labute approximate surface area is 253 Å². The van der Waals surface area contributed by atoms with Crippen molar-refractivity contribution in [2.75, 3.05) is 35.1 Å². The van der Waals surface area contributed by atoms with Crippen LogP contribution in [0.3, 0.4) is 0 Å². The van der Waals surface area contributed by atoms with E-state index in [0.717, 1.165) is 4.31 Å². The minimum atomic E-state index is -4.21. The number of halogens is 2. The summed E-state index contributed by atoms with van der Waals surface area (Å²) >= 11 is 12.3. The molecule has 0 atom stereocenters. The number of benzene rings is 4. The van der Waals surface area contributed by atoms with Crippen LogP contribution in [-0.2, 0) is 24.8 Å². The summed E-state index contributed by atoms with van der Waals surface area (Å²) in [5.74, 6) is 0.0178. The highest BCUT2D eigenvalue weighted by Crippen LogP contribution is 2.33. The number of ether oxygens (including phenoxy) is 2. The number of hydrogen-bond acceptors (Lipinski definition) is 7. The maximum atomic E-state index is 13.5. The average Bonchev–Trinajstić information content (AvgIpc) is 2.96. The number of nitrogens with zero attached hydrogens (tertiary/aromatic N) is 1. The van der Waals surface area contributed by atoms with Crippen LogP contribution in [0.25, 0.3) is 0 Å². The van der Waals surface area contributed by atoms with Crippen LogP contribution in [0.1, 0.15) is 0 Å². The Morgan fingerprint density at radius 3 is 2.12 bits per heavy atom. The minimum Gasteiger partial charge on any atom is -0.497 e. The third-order valence-corrected chi connectivity index (χ3v) is 9.59. The normalized spacial score (nSPS) is 11.4. The third-order valence-electron chi connectivity index (χ3n) is 5.90. The van der Waals surface area contributed by atoms with Crippen LogP contribution in [0.15, 0.2) is 101 Å². The first-order valence-electron chi connectivity index (χ1n) is 12.1. The van der Waals surface area contributed by atoms with Crippen molar-refractivity contribution in [1.29, 1.82) is 0 Å². The van der Waals surface area contributed by atoms with Crippen LogP contribution < -0.4 is 23.8 Å². The fourth-order valence-electron chi connectivity index (χ4n) is 3.85. The van der Waals surface area contributed by atoms with Crippen LogP contribution in [0.5, 0.6) is 11.5 Å². The standard InChI is InChI=1S/C28H25Cl2N3O7S2/c1-39-21-11-15-27(40-2)25(17-21)32-41(35,36)22-12-9-20(10-13-22)31-28(34)18-33(26-14-8-19(29)16-24(26)30)42(37,38)23-6-4-3-5-7-23/h3-17,32H,18H2,1-2H3,(H,31,34). The number of carbonyl (C=O) groups is 1. The summed E-state index contributed by atoms with van der Waals surface area (Å²) in [7, 11) is -5.39. The summed E-state index contributed by atoms with van der Waals surface area (Å²) in [4.78, 5) is 12.9. The van der Waals surface area contributed by atoms with Crippen molar-refractivity contribution in [1.82, 2.24) is 0 Å². The zero-order chi connectivity index (χ0) is 30.5. The van der Waals surface area contributed by atoms with Crippen LogP contribution in [0.2, 0.25) is 10.0 Å². The van der Waals surface area contributed by atoms with Gasteiger partial charge >= 0.3 is 0 Å². The molecule has 4 aromatic rings. The molecule has 0 heterocycles. The second-order valence-corrected chi connectivity index (χ2v) is 13.1. The Kier molecular flexibility index (Phi) is 9.52. The maximum Gasteiger partial charge on any atom is 0.264 e. The minimum absolute atomic E-state index is 0.0320. The van der Waals surface area contributed by atoms with E-state index in [1.54, 1.807) is 30.3 Å². The van der Waals surface area contributed by atoms with Gasteiger partial charge in [-0.3, -0.25) is 13.8 Å². The molecule has 0 unspecified atom stereocenters. The molecule has 0 aliphatic heterocycles. The Morgan fingerprint density at radius 1 is 0.810 bits per heavy atom. The first-order chi connectivity index (χ1) is 19.9. The molecule has 220 valence electrons. The van der Waals surface area contributed by atoms with Gasteiger partial charge < -0.3 is 14.8 Å². The highest BCUT2D eigenvalue weighted by Gasteiger charge is 2.29. The average molecular weight is 651 g/mol. The van der Waals surface area contributed by atoms with E-state index < -0.39 is 32.5 Å². The van der Waals surface area contributed by atoms with Crippen LogP contribution in [0, 0.1) is 0 Å². The molecular weight excluding hydrogens is 625 g/mol. The number of hydrogen-bond donors (Lipinski definition) is 2. The smallest absolute Gasteiger partial charge is 0.264 e. The van der Waals surface area contributed by atoms with Gasteiger partial charge in [0.15, 0.2) is 0 Å². The molecule has 0 aliphatic carbocycles. The fraction of sp³-hybridized carbons (Fsp3) is 0.107. The Morgan fingerprint density at radius 2 is 1.50 bits per heavy atom. The van der Waals surface area contributed by atoms with Gasteiger partial charge in [0.1, 0.15) is 18.0 Å².